The fourth-order valence-electron chi connectivity index (χ4n) is 2.89. The Morgan fingerprint density at radius 2 is 2.00 bits per heavy atom. The first-order valence-corrected chi connectivity index (χ1v) is 8.17. The zero-order valence-electron chi connectivity index (χ0n) is 14.1. The van der Waals surface area contributed by atoms with Gasteiger partial charge in [0.1, 0.15) is 24.5 Å². The second kappa shape index (κ2) is 7.19. The Balaban J connectivity index is 1.73. The number of cyclic esters (lactones) is 1. The third kappa shape index (κ3) is 4.84. The molecule has 0 bridgehead atoms. The highest BCUT2D eigenvalue weighted by Gasteiger charge is 2.33. The van der Waals surface area contributed by atoms with Crippen LogP contribution in [-0.2, 0) is 14.3 Å². The normalized spacial score (nSPS) is 22.9. The van der Waals surface area contributed by atoms with E-state index in [1.54, 1.807) is 4.90 Å². The predicted molar refractivity (Wildman–Crippen MR) is 83.1 cm³/mol. The highest BCUT2D eigenvalue weighted by molar-refractivity contribution is 5.76. The van der Waals surface area contributed by atoms with Crippen LogP contribution in [0.3, 0.4) is 0 Å². The minimum absolute atomic E-state index is 0.152. The van der Waals surface area contributed by atoms with Crippen LogP contribution in [0.1, 0.15) is 40.0 Å². The Labute approximate surface area is 136 Å². The Morgan fingerprint density at radius 3 is 2.57 bits per heavy atom. The topological polar surface area (TPSA) is 76.2 Å². The number of hydrogen-bond acceptors (Lipinski definition) is 5. The summed E-state index contributed by atoms with van der Waals surface area (Å²) in [4.78, 5) is 37.7. The third-order valence-electron chi connectivity index (χ3n) is 4.21. The number of piperidine rings is 1. The van der Waals surface area contributed by atoms with Gasteiger partial charge in [-0.05, 0) is 46.0 Å². The van der Waals surface area contributed by atoms with Gasteiger partial charge in [-0.2, -0.15) is 0 Å². The summed E-state index contributed by atoms with van der Waals surface area (Å²) in [5.74, 6) is 0.439. The average Bonchev–Trinajstić information content (AvgIpc) is 2.84. The minimum atomic E-state index is -0.478. The minimum Gasteiger partial charge on any atom is -0.447 e. The standard InChI is InChI=1S/C16H26N2O5/c1-16(2,3)23-14(20)17-7-4-12(5-8-17)6-9-18-13(10-19)11-22-15(18)21/h10,12-13H,4-9,11H2,1-3H3/t13-/m1/s1. The highest BCUT2D eigenvalue weighted by Crippen LogP contribution is 2.23. The number of amides is 2. The number of carbonyl (C=O) groups is 3. The summed E-state index contributed by atoms with van der Waals surface area (Å²) in [6.45, 7) is 7.59. The Kier molecular flexibility index (Phi) is 5.49. The van der Waals surface area contributed by atoms with Crippen molar-refractivity contribution in [3.05, 3.63) is 0 Å². The van der Waals surface area contributed by atoms with Gasteiger partial charge in [-0.25, -0.2) is 9.59 Å². The van der Waals surface area contributed by atoms with Crippen LogP contribution in [0.4, 0.5) is 9.59 Å². The number of hydrogen-bond donors (Lipinski definition) is 0. The van der Waals surface area contributed by atoms with Gasteiger partial charge in [0, 0.05) is 19.6 Å². The monoisotopic (exact) mass is 326 g/mol. The molecule has 0 unspecified atom stereocenters. The molecule has 2 saturated heterocycles. The molecule has 0 spiro atoms. The van der Waals surface area contributed by atoms with Gasteiger partial charge in [0.15, 0.2) is 0 Å². The van der Waals surface area contributed by atoms with Gasteiger partial charge in [0.05, 0.1) is 0 Å². The molecule has 0 aromatic carbocycles. The third-order valence-corrected chi connectivity index (χ3v) is 4.21. The largest absolute Gasteiger partial charge is 0.447 e. The number of likely N-dealkylation sites (tertiary alicyclic amines) is 1. The predicted octanol–water partition coefficient (Wildman–Crippen LogP) is 2.04. The molecule has 2 aliphatic rings. The first kappa shape index (κ1) is 17.6. The van der Waals surface area contributed by atoms with Crippen LogP contribution in [0.2, 0.25) is 0 Å². The van der Waals surface area contributed by atoms with E-state index < -0.39 is 17.7 Å². The summed E-state index contributed by atoms with van der Waals surface area (Å²) in [7, 11) is 0. The van der Waals surface area contributed by atoms with E-state index in [2.05, 4.69) is 0 Å². The molecule has 130 valence electrons. The van der Waals surface area contributed by atoms with Crippen LogP contribution >= 0.6 is 0 Å². The van der Waals surface area contributed by atoms with Gasteiger partial charge in [0.2, 0.25) is 0 Å². The number of rotatable bonds is 4. The second-order valence-electron chi connectivity index (χ2n) is 7.17. The van der Waals surface area contributed by atoms with Crippen LogP contribution in [0.25, 0.3) is 0 Å². The Hall–Kier alpha value is -1.79. The number of carbonyl (C=O) groups excluding carboxylic acids is 3. The highest BCUT2D eigenvalue weighted by atomic mass is 16.6. The van der Waals surface area contributed by atoms with Crippen molar-refractivity contribution in [2.75, 3.05) is 26.2 Å². The van der Waals surface area contributed by atoms with Crippen molar-refractivity contribution in [1.82, 2.24) is 9.80 Å². The number of nitrogens with zero attached hydrogens (tertiary/aromatic N) is 2. The summed E-state index contributed by atoms with van der Waals surface area (Å²) in [5, 5.41) is 0. The molecule has 0 N–H and O–H groups in total. The lowest BCUT2D eigenvalue weighted by Crippen LogP contribution is -2.42. The van der Waals surface area contributed by atoms with Crippen molar-refractivity contribution in [3.63, 3.8) is 0 Å². The first-order chi connectivity index (χ1) is 10.8. The molecule has 2 amide bonds. The fraction of sp³-hybridized carbons (Fsp3) is 0.812. The number of aldehydes is 1. The lowest BCUT2D eigenvalue weighted by atomic mass is 9.93. The van der Waals surface area contributed by atoms with Crippen LogP contribution in [0.5, 0.6) is 0 Å². The van der Waals surface area contributed by atoms with Crippen molar-refractivity contribution >= 4 is 18.5 Å². The van der Waals surface area contributed by atoms with E-state index in [1.807, 2.05) is 20.8 Å². The van der Waals surface area contributed by atoms with Gasteiger partial charge < -0.3 is 19.2 Å². The van der Waals surface area contributed by atoms with Gasteiger partial charge >= 0.3 is 12.2 Å². The van der Waals surface area contributed by atoms with Gasteiger partial charge in [-0.1, -0.05) is 0 Å². The summed E-state index contributed by atoms with van der Waals surface area (Å²) in [5.41, 5.74) is -0.478. The summed E-state index contributed by atoms with van der Waals surface area (Å²) in [6.07, 6.45) is 2.67. The van der Waals surface area contributed by atoms with Gasteiger partial charge in [-0.15, -0.1) is 0 Å². The van der Waals surface area contributed by atoms with Crippen molar-refractivity contribution in [1.29, 1.82) is 0 Å². The van der Waals surface area contributed by atoms with Crippen molar-refractivity contribution in [2.24, 2.45) is 5.92 Å². The van der Waals surface area contributed by atoms with Crippen molar-refractivity contribution in [3.8, 4) is 0 Å². The SMILES string of the molecule is CC(C)(C)OC(=O)N1CCC(CCN2C(=O)OC[C@H]2C=O)CC1. The molecule has 1 atom stereocenters. The second-order valence-corrected chi connectivity index (χ2v) is 7.17. The molecule has 7 nitrogen and oxygen atoms in total. The van der Waals surface area contributed by atoms with E-state index in [0.29, 0.717) is 25.6 Å². The van der Waals surface area contributed by atoms with E-state index in [0.717, 1.165) is 25.5 Å². The molecule has 0 saturated carbocycles. The molecule has 0 aromatic heterocycles. The van der Waals surface area contributed by atoms with Gasteiger partial charge in [0.25, 0.3) is 0 Å². The summed E-state index contributed by atoms with van der Waals surface area (Å²) in [6, 6.07) is -0.454. The van der Waals surface area contributed by atoms with E-state index in [9.17, 15) is 14.4 Å². The van der Waals surface area contributed by atoms with E-state index >= 15 is 0 Å². The van der Waals surface area contributed by atoms with E-state index in [4.69, 9.17) is 9.47 Å². The zero-order chi connectivity index (χ0) is 17.0. The molecule has 0 aromatic rings. The zero-order valence-corrected chi connectivity index (χ0v) is 14.1. The molecule has 2 fully saturated rings. The molecule has 7 heteroatoms. The summed E-state index contributed by atoms with van der Waals surface area (Å²) >= 11 is 0. The maximum absolute atomic E-state index is 12.0. The van der Waals surface area contributed by atoms with Crippen LogP contribution < -0.4 is 0 Å². The summed E-state index contributed by atoms with van der Waals surface area (Å²) < 4.78 is 10.3. The lowest BCUT2D eigenvalue weighted by Gasteiger charge is -2.34. The maximum Gasteiger partial charge on any atom is 0.410 e. The molecular weight excluding hydrogens is 300 g/mol. The van der Waals surface area contributed by atoms with E-state index in [-0.39, 0.29) is 12.7 Å². The molecule has 2 heterocycles. The molecule has 2 aliphatic heterocycles. The smallest absolute Gasteiger partial charge is 0.410 e. The fourth-order valence-corrected chi connectivity index (χ4v) is 2.89. The number of ether oxygens (including phenoxy) is 2. The molecular formula is C16H26N2O5. The Bertz CT molecular complexity index is 452. The maximum atomic E-state index is 12.0. The average molecular weight is 326 g/mol. The molecule has 0 aliphatic carbocycles. The van der Waals surface area contributed by atoms with Crippen LogP contribution in [0, 0.1) is 5.92 Å². The van der Waals surface area contributed by atoms with Crippen molar-refractivity contribution < 1.29 is 23.9 Å². The van der Waals surface area contributed by atoms with Gasteiger partial charge in [-0.3, -0.25) is 4.90 Å². The molecule has 23 heavy (non-hydrogen) atoms. The van der Waals surface area contributed by atoms with E-state index in [1.165, 1.54) is 4.90 Å². The molecule has 0 radical (unpaired) electrons. The lowest BCUT2D eigenvalue weighted by molar-refractivity contribution is -0.111. The van der Waals surface area contributed by atoms with Crippen molar-refractivity contribution in [2.45, 2.75) is 51.7 Å². The quantitative estimate of drug-likeness (QED) is 0.739. The molecule has 2 rings (SSSR count). The first-order valence-electron chi connectivity index (χ1n) is 8.17. The Morgan fingerprint density at radius 1 is 1.35 bits per heavy atom. The van der Waals surface area contributed by atoms with Crippen LogP contribution in [0.15, 0.2) is 0 Å². The van der Waals surface area contributed by atoms with Crippen LogP contribution in [-0.4, -0.2) is 66.2 Å².